The zero-order valence-corrected chi connectivity index (χ0v) is 15.3. The molecule has 0 spiro atoms. The van der Waals surface area contributed by atoms with Crippen molar-refractivity contribution in [3.8, 4) is 5.75 Å². The summed E-state index contributed by atoms with van der Waals surface area (Å²) >= 11 is 0. The molecule has 0 unspecified atom stereocenters. The summed E-state index contributed by atoms with van der Waals surface area (Å²) in [5.74, 6) is 0.403. The number of piperidine rings is 1. The molecule has 0 aromatic heterocycles. The highest BCUT2D eigenvalue weighted by Crippen LogP contribution is 2.20. The third-order valence-corrected chi connectivity index (χ3v) is 4.82. The van der Waals surface area contributed by atoms with Gasteiger partial charge in [0, 0.05) is 43.5 Å². The number of carbonyl (C=O) groups is 2. The molecule has 1 amide bonds. The predicted octanol–water partition coefficient (Wildman–Crippen LogP) is 4.11. The molecule has 142 valence electrons. The topological polar surface area (TPSA) is 46.6 Å². The number of hydrogen-bond donors (Lipinski definition) is 0. The van der Waals surface area contributed by atoms with Crippen molar-refractivity contribution in [3.05, 3.63) is 66.0 Å². The molecule has 2 aromatic carbocycles. The Kier molecular flexibility index (Phi) is 6.58. The number of rotatable bonds is 7. The van der Waals surface area contributed by atoms with Crippen molar-refractivity contribution in [2.75, 3.05) is 19.7 Å². The summed E-state index contributed by atoms with van der Waals surface area (Å²) in [6.45, 7) is 1.79. The second-order valence-electron chi connectivity index (χ2n) is 6.91. The standard InChI is InChI=1S/C22H24FNO3/c23-19-9-4-10-20(14-19)27-16-17-6-5-13-24(15-17)22(26)12-11-21(25)18-7-2-1-3-8-18/h1-4,7-10,14,17H,5-6,11-13,15-16H2/t17-/m0/s1. The van der Waals surface area contributed by atoms with Crippen LogP contribution in [0.15, 0.2) is 54.6 Å². The average molecular weight is 369 g/mol. The van der Waals surface area contributed by atoms with Crippen molar-refractivity contribution in [1.29, 1.82) is 0 Å². The molecule has 5 heteroatoms. The first kappa shape index (κ1) is 19.1. The lowest BCUT2D eigenvalue weighted by Gasteiger charge is -2.32. The van der Waals surface area contributed by atoms with Gasteiger partial charge < -0.3 is 9.64 Å². The molecule has 0 aliphatic carbocycles. The van der Waals surface area contributed by atoms with Gasteiger partial charge in [0.05, 0.1) is 6.61 Å². The van der Waals surface area contributed by atoms with E-state index in [0.717, 1.165) is 19.4 Å². The van der Waals surface area contributed by atoms with Gasteiger partial charge in [-0.2, -0.15) is 0 Å². The molecule has 3 rings (SSSR count). The van der Waals surface area contributed by atoms with Gasteiger partial charge in [-0.25, -0.2) is 4.39 Å². The summed E-state index contributed by atoms with van der Waals surface area (Å²) in [6.07, 6.45) is 2.34. The van der Waals surface area contributed by atoms with Gasteiger partial charge in [-0.1, -0.05) is 36.4 Å². The van der Waals surface area contributed by atoms with E-state index >= 15 is 0 Å². The minimum Gasteiger partial charge on any atom is -0.493 e. The molecule has 27 heavy (non-hydrogen) atoms. The number of carbonyl (C=O) groups excluding carboxylic acids is 2. The van der Waals surface area contributed by atoms with Gasteiger partial charge >= 0.3 is 0 Å². The van der Waals surface area contributed by atoms with Gasteiger partial charge in [-0.3, -0.25) is 9.59 Å². The fraction of sp³-hybridized carbons (Fsp3) is 0.364. The van der Waals surface area contributed by atoms with Crippen LogP contribution in [0.3, 0.4) is 0 Å². The van der Waals surface area contributed by atoms with Gasteiger partial charge in [-0.15, -0.1) is 0 Å². The van der Waals surface area contributed by atoms with Crippen molar-refractivity contribution >= 4 is 11.7 Å². The monoisotopic (exact) mass is 369 g/mol. The SMILES string of the molecule is O=C(CCC(=O)N1CCC[C@H](COc2cccc(F)c2)C1)c1ccccc1. The van der Waals surface area contributed by atoms with E-state index < -0.39 is 0 Å². The van der Waals surface area contributed by atoms with E-state index in [4.69, 9.17) is 4.74 Å². The molecule has 0 bridgehead atoms. The number of benzene rings is 2. The maximum absolute atomic E-state index is 13.2. The van der Waals surface area contributed by atoms with Crippen molar-refractivity contribution in [1.82, 2.24) is 4.90 Å². The van der Waals surface area contributed by atoms with Gasteiger partial charge in [0.25, 0.3) is 0 Å². The van der Waals surface area contributed by atoms with E-state index in [-0.39, 0.29) is 36.3 Å². The van der Waals surface area contributed by atoms with Crippen LogP contribution < -0.4 is 4.74 Å². The zero-order chi connectivity index (χ0) is 19.1. The second-order valence-corrected chi connectivity index (χ2v) is 6.91. The summed E-state index contributed by atoms with van der Waals surface area (Å²) in [5.41, 5.74) is 0.644. The smallest absolute Gasteiger partial charge is 0.223 e. The maximum Gasteiger partial charge on any atom is 0.223 e. The summed E-state index contributed by atoms with van der Waals surface area (Å²) in [7, 11) is 0. The lowest BCUT2D eigenvalue weighted by Crippen LogP contribution is -2.41. The zero-order valence-electron chi connectivity index (χ0n) is 15.3. The average Bonchev–Trinajstić information content (AvgIpc) is 2.71. The molecular formula is C22H24FNO3. The lowest BCUT2D eigenvalue weighted by atomic mass is 9.98. The third-order valence-electron chi connectivity index (χ3n) is 4.82. The van der Waals surface area contributed by atoms with Crippen LogP contribution >= 0.6 is 0 Å². The third kappa shape index (κ3) is 5.64. The van der Waals surface area contributed by atoms with Crippen LogP contribution in [-0.2, 0) is 4.79 Å². The number of hydrogen-bond acceptors (Lipinski definition) is 3. The Hall–Kier alpha value is -2.69. The Bertz CT molecular complexity index is 778. The Morgan fingerprint density at radius 2 is 1.89 bits per heavy atom. The highest BCUT2D eigenvalue weighted by Gasteiger charge is 2.24. The van der Waals surface area contributed by atoms with E-state index in [9.17, 15) is 14.0 Å². The maximum atomic E-state index is 13.2. The molecule has 1 saturated heterocycles. The number of nitrogens with zero attached hydrogens (tertiary/aromatic N) is 1. The largest absolute Gasteiger partial charge is 0.493 e. The van der Waals surface area contributed by atoms with Gasteiger partial charge in [0.2, 0.25) is 5.91 Å². The number of Topliss-reactive ketones (excluding diaryl/α,β-unsaturated/α-hetero) is 1. The number of ketones is 1. The summed E-state index contributed by atoms with van der Waals surface area (Å²) < 4.78 is 18.9. The van der Waals surface area contributed by atoms with E-state index in [0.29, 0.717) is 24.5 Å². The van der Waals surface area contributed by atoms with Crippen LogP contribution in [0.2, 0.25) is 0 Å². The minimum absolute atomic E-state index is 0.00746. The summed E-state index contributed by atoms with van der Waals surface area (Å²) in [4.78, 5) is 26.5. The highest BCUT2D eigenvalue weighted by molar-refractivity contribution is 5.97. The molecule has 1 fully saturated rings. The molecule has 2 aromatic rings. The quantitative estimate of drug-likeness (QED) is 0.690. The van der Waals surface area contributed by atoms with Crippen molar-refractivity contribution in [2.45, 2.75) is 25.7 Å². The lowest BCUT2D eigenvalue weighted by molar-refractivity contribution is -0.133. The Balaban J connectivity index is 1.45. The van der Waals surface area contributed by atoms with Crippen LogP contribution in [0, 0.1) is 11.7 Å². The number of amides is 1. The molecule has 1 aliphatic heterocycles. The predicted molar refractivity (Wildman–Crippen MR) is 101 cm³/mol. The molecule has 1 aliphatic rings. The molecule has 0 saturated carbocycles. The van der Waals surface area contributed by atoms with E-state index in [1.807, 2.05) is 23.1 Å². The molecular weight excluding hydrogens is 345 g/mol. The molecule has 1 atom stereocenters. The molecule has 4 nitrogen and oxygen atoms in total. The molecule has 0 radical (unpaired) electrons. The van der Waals surface area contributed by atoms with E-state index in [2.05, 4.69) is 0 Å². The van der Waals surface area contributed by atoms with Gasteiger partial charge in [0.1, 0.15) is 11.6 Å². The van der Waals surface area contributed by atoms with Crippen LogP contribution in [0.1, 0.15) is 36.0 Å². The molecule has 1 heterocycles. The second kappa shape index (κ2) is 9.31. The van der Waals surface area contributed by atoms with Crippen molar-refractivity contribution in [2.24, 2.45) is 5.92 Å². The summed E-state index contributed by atoms with van der Waals surface area (Å²) in [5, 5.41) is 0. The van der Waals surface area contributed by atoms with Crippen LogP contribution in [0.5, 0.6) is 5.75 Å². The first-order valence-corrected chi connectivity index (χ1v) is 9.36. The van der Waals surface area contributed by atoms with Crippen molar-refractivity contribution in [3.63, 3.8) is 0 Å². The minimum atomic E-state index is -0.323. The van der Waals surface area contributed by atoms with Gasteiger partial charge in [-0.05, 0) is 25.0 Å². The number of ether oxygens (including phenoxy) is 1. The van der Waals surface area contributed by atoms with Crippen molar-refractivity contribution < 1.29 is 18.7 Å². The van der Waals surface area contributed by atoms with E-state index in [1.165, 1.54) is 12.1 Å². The van der Waals surface area contributed by atoms with Crippen LogP contribution in [0.4, 0.5) is 4.39 Å². The first-order valence-electron chi connectivity index (χ1n) is 9.36. The van der Waals surface area contributed by atoms with Gasteiger partial charge in [0.15, 0.2) is 5.78 Å². The highest BCUT2D eigenvalue weighted by atomic mass is 19.1. The first-order chi connectivity index (χ1) is 13.1. The summed E-state index contributed by atoms with van der Waals surface area (Å²) in [6, 6.07) is 15.1. The van der Waals surface area contributed by atoms with Crippen LogP contribution in [-0.4, -0.2) is 36.3 Å². The molecule has 0 N–H and O–H groups in total. The van der Waals surface area contributed by atoms with Crippen LogP contribution in [0.25, 0.3) is 0 Å². The Labute approximate surface area is 158 Å². The number of halogens is 1. The normalized spacial score (nSPS) is 16.8. The number of likely N-dealkylation sites (tertiary alicyclic amines) is 1. The Morgan fingerprint density at radius 3 is 2.67 bits per heavy atom. The van der Waals surface area contributed by atoms with E-state index in [1.54, 1.807) is 24.3 Å². The Morgan fingerprint density at radius 1 is 1.07 bits per heavy atom. The fourth-order valence-corrected chi connectivity index (χ4v) is 3.35. The fourth-order valence-electron chi connectivity index (χ4n) is 3.35.